The largest absolute Gasteiger partial charge is 0.399 e. The molecule has 0 spiro atoms. The van der Waals surface area contributed by atoms with E-state index < -0.39 is 0 Å². The molecular formula is C13H17N3. The van der Waals surface area contributed by atoms with Gasteiger partial charge in [-0.1, -0.05) is 20.8 Å². The van der Waals surface area contributed by atoms with Gasteiger partial charge >= 0.3 is 0 Å². The van der Waals surface area contributed by atoms with Crippen LogP contribution in [0.1, 0.15) is 26.5 Å². The molecule has 3 heteroatoms. The summed E-state index contributed by atoms with van der Waals surface area (Å²) in [6.45, 7) is 6.54. The molecule has 2 N–H and O–H groups in total. The van der Waals surface area contributed by atoms with E-state index in [0.717, 1.165) is 11.4 Å². The predicted octanol–water partition coefficient (Wildman–Crippen LogP) is 2.75. The average Bonchev–Trinajstić information content (AvgIpc) is 2.66. The molecule has 0 fully saturated rings. The zero-order chi connectivity index (χ0) is 11.8. The number of rotatable bonds is 1. The molecular weight excluding hydrogens is 198 g/mol. The summed E-state index contributed by atoms with van der Waals surface area (Å²) in [6, 6.07) is 9.80. The summed E-state index contributed by atoms with van der Waals surface area (Å²) >= 11 is 0. The second-order valence-electron chi connectivity index (χ2n) is 4.97. The third-order valence-corrected chi connectivity index (χ3v) is 2.55. The standard InChI is InChI=1S/C13H17N3/c1-13(2,3)12-8-9-15-16(12)11-6-4-10(14)5-7-11/h4-9H,14H2,1-3H3. The van der Waals surface area contributed by atoms with Gasteiger partial charge in [0.25, 0.3) is 0 Å². The summed E-state index contributed by atoms with van der Waals surface area (Å²) in [5.41, 5.74) is 8.76. The van der Waals surface area contributed by atoms with Crippen molar-refractivity contribution in [1.29, 1.82) is 0 Å². The Bertz CT molecular complexity index is 475. The van der Waals surface area contributed by atoms with E-state index in [1.54, 1.807) is 0 Å². The number of nitrogen functional groups attached to an aromatic ring is 1. The summed E-state index contributed by atoms with van der Waals surface area (Å²) in [6.07, 6.45) is 1.83. The first-order valence-electron chi connectivity index (χ1n) is 5.39. The number of benzene rings is 1. The molecule has 16 heavy (non-hydrogen) atoms. The van der Waals surface area contributed by atoms with Crippen molar-refractivity contribution in [3.8, 4) is 5.69 Å². The normalized spacial score (nSPS) is 11.7. The maximum absolute atomic E-state index is 5.67. The van der Waals surface area contributed by atoms with Crippen LogP contribution in [-0.4, -0.2) is 9.78 Å². The van der Waals surface area contributed by atoms with Gasteiger partial charge in [0.2, 0.25) is 0 Å². The number of anilines is 1. The van der Waals surface area contributed by atoms with Crippen LogP contribution in [0.4, 0.5) is 5.69 Å². The number of nitrogens with two attached hydrogens (primary N) is 1. The Morgan fingerprint density at radius 2 is 1.69 bits per heavy atom. The van der Waals surface area contributed by atoms with Crippen LogP contribution < -0.4 is 5.73 Å². The van der Waals surface area contributed by atoms with E-state index >= 15 is 0 Å². The molecule has 1 aromatic heterocycles. The molecule has 0 radical (unpaired) electrons. The van der Waals surface area contributed by atoms with Crippen molar-refractivity contribution in [2.24, 2.45) is 0 Å². The summed E-state index contributed by atoms with van der Waals surface area (Å²) in [5.74, 6) is 0. The van der Waals surface area contributed by atoms with Gasteiger partial charge in [-0.05, 0) is 30.3 Å². The highest BCUT2D eigenvalue weighted by molar-refractivity contribution is 5.45. The summed E-state index contributed by atoms with van der Waals surface area (Å²) in [5, 5.41) is 4.36. The van der Waals surface area contributed by atoms with Gasteiger partial charge in [-0.15, -0.1) is 0 Å². The van der Waals surface area contributed by atoms with Gasteiger partial charge in [0, 0.05) is 23.0 Å². The molecule has 3 nitrogen and oxygen atoms in total. The van der Waals surface area contributed by atoms with Crippen LogP contribution in [-0.2, 0) is 5.41 Å². The molecule has 0 saturated carbocycles. The summed E-state index contributed by atoms with van der Waals surface area (Å²) in [7, 11) is 0. The van der Waals surface area contributed by atoms with E-state index in [0.29, 0.717) is 0 Å². The van der Waals surface area contributed by atoms with Crippen LogP contribution >= 0.6 is 0 Å². The lowest BCUT2D eigenvalue weighted by atomic mass is 9.92. The fourth-order valence-electron chi connectivity index (χ4n) is 1.69. The molecule has 0 aliphatic rings. The van der Waals surface area contributed by atoms with Crippen LogP contribution in [0.25, 0.3) is 5.69 Å². The molecule has 0 unspecified atom stereocenters. The zero-order valence-electron chi connectivity index (χ0n) is 9.94. The predicted molar refractivity (Wildman–Crippen MR) is 66.7 cm³/mol. The highest BCUT2D eigenvalue weighted by Gasteiger charge is 2.19. The van der Waals surface area contributed by atoms with Crippen LogP contribution in [0.3, 0.4) is 0 Å². The molecule has 0 atom stereocenters. The van der Waals surface area contributed by atoms with Crippen LogP contribution in [0.2, 0.25) is 0 Å². The van der Waals surface area contributed by atoms with E-state index in [1.165, 1.54) is 5.69 Å². The Kier molecular flexibility index (Phi) is 2.46. The summed E-state index contributed by atoms with van der Waals surface area (Å²) in [4.78, 5) is 0. The number of nitrogens with zero attached hydrogens (tertiary/aromatic N) is 2. The first kappa shape index (κ1) is 10.7. The van der Waals surface area contributed by atoms with E-state index in [1.807, 2.05) is 35.1 Å². The number of hydrogen-bond donors (Lipinski definition) is 1. The van der Waals surface area contributed by atoms with Gasteiger partial charge < -0.3 is 5.73 Å². The maximum atomic E-state index is 5.67. The Labute approximate surface area is 95.9 Å². The SMILES string of the molecule is CC(C)(C)c1ccnn1-c1ccc(N)cc1. The van der Waals surface area contributed by atoms with Gasteiger partial charge in [0.05, 0.1) is 5.69 Å². The quantitative estimate of drug-likeness (QED) is 0.743. The number of hydrogen-bond acceptors (Lipinski definition) is 2. The molecule has 84 valence electrons. The average molecular weight is 215 g/mol. The molecule has 0 amide bonds. The van der Waals surface area contributed by atoms with E-state index in [-0.39, 0.29) is 5.41 Å². The number of aromatic nitrogens is 2. The highest BCUT2D eigenvalue weighted by Crippen LogP contribution is 2.24. The fraction of sp³-hybridized carbons (Fsp3) is 0.308. The summed E-state index contributed by atoms with van der Waals surface area (Å²) < 4.78 is 1.96. The maximum Gasteiger partial charge on any atom is 0.0650 e. The lowest BCUT2D eigenvalue weighted by Crippen LogP contribution is -2.17. The van der Waals surface area contributed by atoms with Gasteiger partial charge in [-0.25, -0.2) is 4.68 Å². The Morgan fingerprint density at radius 3 is 2.25 bits per heavy atom. The van der Waals surface area contributed by atoms with Crippen LogP contribution in [0, 0.1) is 0 Å². The molecule has 0 bridgehead atoms. The minimum Gasteiger partial charge on any atom is -0.399 e. The second kappa shape index (κ2) is 3.67. The first-order chi connectivity index (χ1) is 7.48. The van der Waals surface area contributed by atoms with Crippen molar-refractivity contribution in [2.75, 3.05) is 5.73 Å². The van der Waals surface area contributed by atoms with E-state index in [9.17, 15) is 0 Å². The molecule has 2 aromatic rings. The lowest BCUT2D eigenvalue weighted by molar-refractivity contribution is 0.544. The minimum atomic E-state index is 0.0812. The lowest BCUT2D eigenvalue weighted by Gasteiger charge is -2.20. The molecule has 1 heterocycles. The Hall–Kier alpha value is -1.77. The van der Waals surface area contributed by atoms with Gasteiger partial charge in [-0.2, -0.15) is 5.10 Å². The minimum absolute atomic E-state index is 0.0812. The third-order valence-electron chi connectivity index (χ3n) is 2.55. The molecule has 0 aliphatic carbocycles. The van der Waals surface area contributed by atoms with Gasteiger partial charge in [-0.3, -0.25) is 0 Å². The van der Waals surface area contributed by atoms with Crippen molar-refractivity contribution < 1.29 is 0 Å². The molecule has 0 aliphatic heterocycles. The Balaban J connectivity index is 2.49. The monoisotopic (exact) mass is 215 g/mol. The van der Waals surface area contributed by atoms with Crippen molar-refractivity contribution in [3.05, 3.63) is 42.2 Å². The van der Waals surface area contributed by atoms with Crippen molar-refractivity contribution in [1.82, 2.24) is 9.78 Å². The van der Waals surface area contributed by atoms with Crippen molar-refractivity contribution in [3.63, 3.8) is 0 Å². The highest BCUT2D eigenvalue weighted by atomic mass is 15.3. The zero-order valence-corrected chi connectivity index (χ0v) is 9.94. The van der Waals surface area contributed by atoms with Gasteiger partial charge in [0.15, 0.2) is 0 Å². The third kappa shape index (κ3) is 1.94. The van der Waals surface area contributed by atoms with Crippen LogP contribution in [0.15, 0.2) is 36.5 Å². The molecule has 1 aromatic carbocycles. The topological polar surface area (TPSA) is 43.8 Å². The first-order valence-corrected chi connectivity index (χ1v) is 5.39. The molecule has 2 rings (SSSR count). The second-order valence-corrected chi connectivity index (χ2v) is 4.97. The van der Waals surface area contributed by atoms with Gasteiger partial charge in [0.1, 0.15) is 0 Å². The van der Waals surface area contributed by atoms with E-state index in [2.05, 4.69) is 31.9 Å². The molecule has 0 saturated heterocycles. The van der Waals surface area contributed by atoms with Crippen LogP contribution in [0.5, 0.6) is 0 Å². The van der Waals surface area contributed by atoms with Crippen molar-refractivity contribution >= 4 is 5.69 Å². The Morgan fingerprint density at radius 1 is 1.06 bits per heavy atom. The fourth-order valence-corrected chi connectivity index (χ4v) is 1.69. The van der Waals surface area contributed by atoms with E-state index in [4.69, 9.17) is 5.73 Å². The smallest absolute Gasteiger partial charge is 0.0650 e. The van der Waals surface area contributed by atoms with Crippen molar-refractivity contribution in [2.45, 2.75) is 26.2 Å².